The fraction of sp³-hybridized carbons (Fsp3) is 0.611. The molecule has 0 radical (unpaired) electrons. The first-order chi connectivity index (χ1) is 12.0. The fourth-order valence-electron chi connectivity index (χ4n) is 3.42. The van der Waals surface area contributed by atoms with Crippen LogP contribution in [0.25, 0.3) is 0 Å². The van der Waals surface area contributed by atoms with Gasteiger partial charge in [0.25, 0.3) is 10.0 Å². The van der Waals surface area contributed by atoms with Crippen LogP contribution in [-0.4, -0.2) is 38.4 Å². The Morgan fingerprint density at radius 2 is 2.00 bits per heavy atom. The second-order valence-corrected chi connectivity index (χ2v) is 10.0. The molecular formula is C18H25NO4S2. The first kappa shape index (κ1) is 18.6. The van der Waals surface area contributed by atoms with E-state index < -0.39 is 10.0 Å². The van der Waals surface area contributed by atoms with Gasteiger partial charge in [-0.1, -0.05) is 25.1 Å². The van der Waals surface area contributed by atoms with Gasteiger partial charge in [-0.25, -0.2) is 8.42 Å². The highest BCUT2D eigenvalue weighted by Gasteiger charge is 2.33. The monoisotopic (exact) mass is 383 g/mol. The summed E-state index contributed by atoms with van der Waals surface area (Å²) < 4.78 is 32.4. The van der Waals surface area contributed by atoms with Crippen molar-refractivity contribution < 1.29 is 17.9 Å². The molecular weight excluding hydrogens is 358 g/mol. The molecule has 25 heavy (non-hydrogen) atoms. The van der Waals surface area contributed by atoms with Gasteiger partial charge in [0.2, 0.25) is 0 Å². The maximum atomic E-state index is 12.5. The van der Waals surface area contributed by atoms with Crippen molar-refractivity contribution in [2.24, 2.45) is 17.8 Å². The van der Waals surface area contributed by atoms with Crippen LogP contribution in [0.2, 0.25) is 0 Å². The molecule has 0 N–H and O–H groups in total. The lowest BCUT2D eigenvalue weighted by Gasteiger charge is -2.30. The van der Waals surface area contributed by atoms with Crippen LogP contribution in [0, 0.1) is 17.8 Å². The number of ether oxygens (including phenoxy) is 1. The second kappa shape index (κ2) is 8.01. The van der Waals surface area contributed by atoms with E-state index in [1.807, 2.05) is 0 Å². The summed E-state index contributed by atoms with van der Waals surface area (Å²) in [7, 11) is -3.41. The van der Waals surface area contributed by atoms with Gasteiger partial charge in [-0.2, -0.15) is 4.31 Å². The van der Waals surface area contributed by atoms with E-state index in [-0.39, 0.29) is 11.9 Å². The van der Waals surface area contributed by atoms with Crippen molar-refractivity contribution in [2.45, 2.75) is 36.8 Å². The Labute approximate surface area is 153 Å². The third-order valence-electron chi connectivity index (χ3n) is 5.23. The van der Waals surface area contributed by atoms with Crippen molar-refractivity contribution in [1.82, 2.24) is 4.31 Å². The van der Waals surface area contributed by atoms with Crippen LogP contribution < -0.4 is 0 Å². The number of piperidine rings is 1. The lowest BCUT2D eigenvalue weighted by molar-refractivity contribution is -0.151. The van der Waals surface area contributed by atoms with Crippen molar-refractivity contribution in [3.05, 3.63) is 29.7 Å². The maximum Gasteiger partial charge on any atom is 0.309 e. The minimum Gasteiger partial charge on any atom is -0.465 e. The average molecular weight is 384 g/mol. The van der Waals surface area contributed by atoms with E-state index in [4.69, 9.17) is 4.74 Å². The molecule has 0 aromatic carbocycles. The fourth-order valence-corrected chi connectivity index (χ4v) is 6.03. The zero-order chi connectivity index (χ0) is 17.9. The Morgan fingerprint density at radius 1 is 1.28 bits per heavy atom. The molecule has 3 rings (SSSR count). The zero-order valence-corrected chi connectivity index (χ0v) is 16.1. The number of esters is 1. The van der Waals surface area contributed by atoms with Crippen LogP contribution in [0.1, 0.15) is 32.6 Å². The summed E-state index contributed by atoms with van der Waals surface area (Å²) in [6.07, 6.45) is 7.42. The minimum atomic E-state index is -3.41. The van der Waals surface area contributed by atoms with E-state index in [0.29, 0.717) is 48.6 Å². The molecule has 5 nitrogen and oxygen atoms in total. The van der Waals surface area contributed by atoms with E-state index in [1.54, 1.807) is 17.5 Å². The number of sulfonamides is 1. The Kier molecular flexibility index (Phi) is 5.96. The van der Waals surface area contributed by atoms with Crippen LogP contribution in [0.5, 0.6) is 0 Å². The molecule has 1 saturated heterocycles. The van der Waals surface area contributed by atoms with Crippen molar-refractivity contribution in [3.63, 3.8) is 0 Å². The first-order valence-corrected chi connectivity index (χ1v) is 11.2. The normalized spacial score (nSPS) is 25.8. The van der Waals surface area contributed by atoms with E-state index in [2.05, 4.69) is 19.1 Å². The molecule has 7 heteroatoms. The van der Waals surface area contributed by atoms with Gasteiger partial charge in [0.1, 0.15) is 4.21 Å². The molecule has 2 atom stereocenters. The van der Waals surface area contributed by atoms with Gasteiger partial charge in [-0.05, 0) is 49.0 Å². The highest BCUT2D eigenvalue weighted by molar-refractivity contribution is 7.91. The van der Waals surface area contributed by atoms with Crippen LogP contribution in [-0.2, 0) is 19.6 Å². The molecule has 138 valence electrons. The van der Waals surface area contributed by atoms with Gasteiger partial charge in [0, 0.05) is 13.1 Å². The van der Waals surface area contributed by atoms with Crippen molar-refractivity contribution in [1.29, 1.82) is 0 Å². The summed E-state index contributed by atoms with van der Waals surface area (Å²) in [6.45, 7) is 3.42. The number of hydrogen-bond donors (Lipinski definition) is 0. The van der Waals surface area contributed by atoms with Crippen molar-refractivity contribution in [3.8, 4) is 0 Å². The number of thiophene rings is 1. The molecule has 2 aliphatic rings. The molecule has 1 aromatic rings. The molecule has 1 fully saturated rings. The standard InChI is InChI=1S/C18H25NO4S2/c1-14-5-2-3-6-16(14)13-23-18(20)15-8-10-19(11-9-15)25(21,22)17-7-4-12-24-17/h2-4,7,12,14-16H,5-6,8-11,13H2,1H3. The minimum absolute atomic E-state index is 0.171. The third-order valence-corrected chi connectivity index (χ3v) is 8.51. The van der Waals surface area contributed by atoms with Gasteiger partial charge in [-0.15, -0.1) is 11.3 Å². The molecule has 1 aliphatic carbocycles. The van der Waals surface area contributed by atoms with Crippen molar-refractivity contribution >= 4 is 27.3 Å². The van der Waals surface area contributed by atoms with E-state index in [0.717, 1.165) is 12.8 Å². The SMILES string of the molecule is CC1CC=CCC1COC(=O)C1CCN(S(=O)(=O)c2cccs2)CC1. The largest absolute Gasteiger partial charge is 0.465 e. The van der Waals surface area contributed by atoms with Crippen molar-refractivity contribution in [2.75, 3.05) is 19.7 Å². The number of carbonyl (C=O) groups is 1. The lowest BCUT2D eigenvalue weighted by atomic mass is 9.85. The number of hydrogen-bond acceptors (Lipinski definition) is 5. The number of rotatable bonds is 5. The second-order valence-electron chi connectivity index (χ2n) is 6.92. The molecule has 2 heterocycles. The van der Waals surface area contributed by atoms with Gasteiger partial charge in [-0.3, -0.25) is 4.79 Å². The van der Waals surface area contributed by atoms with E-state index in [1.165, 1.54) is 15.6 Å². The van der Waals surface area contributed by atoms with Crippen LogP contribution >= 0.6 is 11.3 Å². The molecule has 0 amide bonds. The highest BCUT2D eigenvalue weighted by atomic mass is 32.2. The van der Waals surface area contributed by atoms with E-state index in [9.17, 15) is 13.2 Å². The van der Waals surface area contributed by atoms with Gasteiger partial charge in [0.15, 0.2) is 0 Å². The molecule has 2 unspecified atom stereocenters. The summed E-state index contributed by atoms with van der Waals surface area (Å²) in [5.41, 5.74) is 0. The molecule has 0 spiro atoms. The quantitative estimate of drug-likeness (QED) is 0.578. The van der Waals surface area contributed by atoms with Gasteiger partial charge < -0.3 is 4.74 Å². The van der Waals surface area contributed by atoms with Gasteiger partial charge >= 0.3 is 5.97 Å². The number of carbonyl (C=O) groups excluding carboxylic acids is 1. The lowest BCUT2D eigenvalue weighted by Crippen LogP contribution is -2.40. The summed E-state index contributed by atoms with van der Waals surface area (Å²) >= 11 is 1.23. The Morgan fingerprint density at radius 3 is 2.64 bits per heavy atom. The third kappa shape index (κ3) is 4.33. The smallest absolute Gasteiger partial charge is 0.309 e. The van der Waals surface area contributed by atoms with Crippen LogP contribution in [0.3, 0.4) is 0 Å². The topological polar surface area (TPSA) is 63.7 Å². The Hall–Kier alpha value is -1.18. The maximum absolute atomic E-state index is 12.5. The zero-order valence-electron chi connectivity index (χ0n) is 14.5. The predicted octanol–water partition coefficient (Wildman–Crippen LogP) is 3.29. The van der Waals surface area contributed by atoms with Gasteiger partial charge in [0.05, 0.1) is 12.5 Å². The first-order valence-electron chi connectivity index (χ1n) is 8.84. The summed E-state index contributed by atoms with van der Waals surface area (Å²) in [5, 5.41) is 1.76. The van der Waals surface area contributed by atoms with Crippen LogP contribution in [0.4, 0.5) is 0 Å². The summed E-state index contributed by atoms with van der Waals surface area (Å²) in [5.74, 6) is 0.572. The number of allylic oxidation sites excluding steroid dienone is 2. The summed E-state index contributed by atoms with van der Waals surface area (Å²) in [4.78, 5) is 12.3. The predicted molar refractivity (Wildman–Crippen MR) is 97.8 cm³/mol. The van der Waals surface area contributed by atoms with E-state index >= 15 is 0 Å². The average Bonchev–Trinajstić information content (AvgIpc) is 3.16. The Balaban J connectivity index is 1.49. The number of nitrogens with zero attached hydrogens (tertiary/aromatic N) is 1. The molecule has 1 aliphatic heterocycles. The highest BCUT2D eigenvalue weighted by Crippen LogP contribution is 2.28. The summed E-state index contributed by atoms with van der Waals surface area (Å²) in [6, 6.07) is 3.36. The molecule has 0 saturated carbocycles. The van der Waals surface area contributed by atoms with Crippen LogP contribution in [0.15, 0.2) is 33.9 Å². The molecule has 1 aromatic heterocycles. The molecule has 0 bridgehead atoms. The Bertz CT molecular complexity index is 703.